The van der Waals surface area contributed by atoms with E-state index >= 15 is 0 Å². The molecule has 0 saturated heterocycles. The summed E-state index contributed by atoms with van der Waals surface area (Å²) >= 11 is 0. The van der Waals surface area contributed by atoms with E-state index in [1.165, 1.54) is 12.1 Å². The van der Waals surface area contributed by atoms with Crippen molar-refractivity contribution in [3.63, 3.8) is 0 Å². The first-order valence-corrected chi connectivity index (χ1v) is 8.99. The minimum atomic E-state index is -0.368. The van der Waals surface area contributed by atoms with Crippen LogP contribution in [0.1, 0.15) is 37.4 Å². The lowest BCUT2D eigenvalue weighted by atomic mass is 10.1. The second-order valence-electron chi connectivity index (χ2n) is 6.46. The fourth-order valence-corrected chi connectivity index (χ4v) is 2.81. The number of aryl methyl sites for hydroxylation is 1. The Balaban J connectivity index is 1.62. The molecule has 2 amide bonds. The van der Waals surface area contributed by atoms with Crippen molar-refractivity contribution >= 4 is 11.8 Å². The van der Waals surface area contributed by atoms with Crippen molar-refractivity contribution in [1.29, 1.82) is 0 Å². The lowest BCUT2D eigenvalue weighted by Gasteiger charge is -2.10. The molecule has 142 valence electrons. The van der Waals surface area contributed by atoms with E-state index in [0.29, 0.717) is 23.2 Å². The second kappa shape index (κ2) is 8.95. The minimum absolute atomic E-state index is 0.0786. The number of hydrogen-bond donors (Lipinski definition) is 2. The largest absolute Gasteiger partial charge is 0.348 e. The number of halogens is 1. The van der Waals surface area contributed by atoms with E-state index in [1.54, 1.807) is 36.4 Å². The molecule has 0 aromatic heterocycles. The third-order valence-corrected chi connectivity index (χ3v) is 4.48. The highest BCUT2D eigenvalue weighted by Crippen LogP contribution is 2.10. The zero-order valence-electron chi connectivity index (χ0n) is 15.5. The Kier molecular flexibility index (Phi) is 6.17. The first kappa shape index (κ1) is 19.3. The average molecular weight is 376 g/mol. The molecular weight excluding hydrogens is 355 g/mol. The van der Waals surface area contributed by atoms with Gasteiger partial charge in [0.2, 0.25) is 0 Å². The van der Waals surface area contributed by atoms with Gasteiger partial charge in [0.15, 0.2) is 0 Å². The summed E-state index contributed by atoms with van der Waals surface area (Å²) in [7, 11) is 0. The van der Waals surface area contributed by atoms with Crippen LogP contribution >= 0.6 is 0 Å². The maximum atomic E-state index is 13.7. The molecule has 3 aromatic carbocycles. The van der Waals surface area contributed by atoms with Crippen LogP contribution in [0.25, 0.3) is 0 Å². The molecule has 0 bridgehead atoms. The maximum Gasteiger partial charge on any atom is 0.251 e. The molecule has 0 heterocycles. The van der Waals surface area contributed by atoms with Gasteiger partial charge in [0.1, 0.15) is 5.82 Å². The van der Waals surface area contributed by atoms with E-state index < -0.39 is 0 Å². The summed E-state index contributed by atoms with van der Waals surface area (Å²) in [5.74, 6) is -0.990. The van der Waals surface area contributed by atoms with Crippen molar-refractivity contribution < 1.29 is 14.0 Å². The Morgan fingerprint density at radius 2 is 1.29 bits per heavy atom. The summed E-state index contributed by atoms with van der Waals surface area (Å²) in [6, 6.07) is 20.6. The first-order chi connectivity index (χ1) is 13.5. The van der Waals surface area contributed by atoms with Gasteiger partial charge in [-0.2, -0.15) is 0 Å². The van der Waals surface area contributed by atoms with E-state index in [9.17, 15) is 14.0 Å². The highest BCUT2D eigenvalue weighted by Gasteiger charge is 2.11. The van der Waals surface area contributed by atoms with Gasteiger partial charge in [-0.1, -0.05) is 48.5 Å². The van der Waals surface area contributed by atoms with Crippen LogP contribution in [0.5, 0.6) is 0 Å². The van der Waals surface area contributed by atoms with Gasteiger partial charge >= 0.3 is 0 Å². The Bertz CT molecular complexity index is 924. The smallest absolute Gasteiger partial charge is 0.251 e. The molecule has 5 heteroatoms. The summed E-state index contributed by atoms with van der Waals surface area (Å²) in [5, 5.41) is 5.54. The number of hydrogen-bond acceptors (Lipinski definition) is 2. The van der Waals surface area contributed by atoms with Gasteiger partial charge in [0.25, 0.3) is 11.8 Å². The first-order valence-electron chi connectivity index (χ1n) is 8.99. The van der Waals surface area contributed by atoms with E-state index in [-0.39, 0.29) is 24.2 Å². The van der Waals surface area contributed by atoms with E-state index in [2.05, 4.69) is 10.6 Å². The van der Waals surface area contributed by atoms with Crippen molar-refractivity contribution in [3.05, 3.63) is 106 Å². The third-order valence-electron chi connectivity index (χ3n) is 4.48. The molecule has 4 nitrogen and oxygen atoms in total. The molecular formula is C23H21FN2O2. The van der Waals surface area contributed by atoms with Crippen molar-refractivity contribution in [1.82, 2.24) is 10.6 Å². The van der Waals surface area contributed by atoms with Crippen LogP contribution in [-0.4, -0.2) is 11.8 Å². The quantitative estimate of drug-likeness (QED) is 0.683. The number of amides is 2. The molecule has 0 radical (unpaired) electrons. The predicted octanol–water partition coefficient (Wildman–Crippen LogP) is 3.99. The summed E-state index contributed by atoms with van der Waals surface area (Å²) in [6.45, 7) is 2.48. The van der Waals surface area contributed by atoms with E-state index in [4.69, 9.17) is 0 Å². The number of carbonyl (C=O) groups excluding carboxylic acids is 2. The van der Waals surface area contributed by atoms with Crippen molar-refractivity contribution in [2.24, 2.45) is 0 Å². The summed E-state index contributed by atoms with van der Waals surface area (Å²) in [5.41, 5.74) is 3.29. The molecule has 0 aliphatic carbocycles. The summed E-state index contributed by atoms with van der Waals surface area (Å²) in [4.78, 5) is 24.8. The highest BCUT2D eigenvalue weighted by atomic mass is 19.1. The molecule has 0 saturated carbocycles. The molecule has 0 aliphatic rings. The molecule has 0 atom stereocenters. The number of benzene rings is 3. The number of rotatable bonds is 6. The van der Waals surface area contributed by atoms with Crippen LogP contribution in [0.2, 0.25) is 0 Å². The van der Waals surface area contributed by atoms with Crippen molar-refractivity contribution in [2.45, 2.75) is 20.0 Å². The second-order valence-corrected chi connectivity index (χ2v) is 6.46. The SMILES string of the molecule is Cc1ccccc1CNC(=O)c1cccc(C(=O)NCc2ccccc2F)c1. The lowest BCUT2D eigenvalue weighted by molar-refractivity contribution is 0.0950. The lowest BCUT2D eigenvalue weighted by Crippen LogP contribution is -2.25. The van der Waals surface area contributed by atoms with Crippen molar-refractivity contribution in [2.75, 3.05) is 0 Å². The van der Waals surface area contributed by atoms with Crippen LogP contribution in [0, 0.1) is 12.7 Å². The molecule has 0 fully saturated rings. The van der Waals surface area contributed by atoms with E-state index in [1.807, 2.05) is 31.2 Å². The van der Waals surface area contributed by atoms with Gasteiger partial charge in [-0.15, -0.1) is 0 Å². The topological polar surface area (TPSA) is 58.2 Å². The van der Waals surface area contributed by atoms with Gasteiger partial charge < -0.3 is 10.6 Å². The van der Waals surface area contributed by atoms with Gasteiger partial charge in [-0.25, -0.2) is 4.39 Å². The fraction of sp³-hybridized carbons (Fsp3) is 0.130. The minimum Gasteiger partial charge on any atom is -0.348 e. The van der Waals surface area contributed by atoms with Gasteiger partial charge in [0.05, 0.1) is 0 Å². The van der Waals surface area contributed by atoms with Gasteiger partial charge in [-0.05, 0) is 42.3 Å². The van der Waals surface area contributed by atoms with Gasteiger partial charge in [0, 0.05) is 29.8 Å². The Hall–Kier alpha value is -3.47. The van der Waals surface area contributed by atoms with Crippen LogP contribution in [0.4, 0.5) is 4.39 Å². The molecule has 3 rings (SSSR count). The van der Waals surface area contributed by atoms with Crippen LogP contribution in [0.15, 0.2) is 72.8 Å². The summed E-state index contributed by atoms with van der Waals surface area (Å²) < 4.78 is 13.7. The van der Waals surface area contributed by atoms with Crippen LogP contribution in [-0.2, 0) is 13.1 Å². The zero-order valence-corrected chi connectivity index (χ0v) is 15.5. The fourth-order valence-electron chi connectivity index (χ4n) is 2.81. The van der Waals surface area contributed by atoms with E-state index in [0.717, 1.165) is 11.1 Å². The highest BCUT2D eigenvalue weighted by molar-refractivity contribution is 5.99. The normalized spacial score (nSPS) is 10.4. The van der Waals surface area contributed by atoms with Crippen LogP contribution in [0.3, 0.4) is 0 Å². The Labute approximate surface area is 163 Å². The van der Waals surface area contributed by atoms with Gasteiger partial charge in [-0.3, -0.25) is 9.59 Å². The summed E-state index contributed by atoms with van der Waals surface area (Å²) in [6.07, 6.45) is 0. The number of nitrogens with one attached hydrogen (secondary N) is 2. The molecule has 0 aliphatic heterocycles. The zero-order chi connectivity index (χ0) is 19.9. The Morgan fingerprint density at radius 1 is 0.750 bits per heavy atom. The predicted molar refractivity (Wildman–Crippen MR) is 106 cm³/mol. The number of carbonyl (C=O) groups is 2. The van der Waals surface area contributed by atoms with Crippen LogP contribution < -0.4 is 10.6 Å². The Morgan fingerprint density at radius 3 is 1.89 bits per heavy atom. The maximum absolute atomic E-state index is 13.7. The molecule has 3 aromatic rings. The average Bonchev–Trinajstić information content (AvgIpc) is 2.72. The molecule has 0 spiro atoms. The molecule has 0 unspecified atom stereocenters. The molecule has 28 heavy (non-hydrogen) atoms. The third kappa shape index (κ3) is 4.82. The van der Waals surface area contributed by atoms with Crippen molar-refractivity contribution in [3.8, 4) is 0 Å². The standard InChI is InChI=1S/C23H21FN2O2/c1-16-7-2-3-8-19(16)14-25-22(27)17-10-6-11-18(13-17)23(28)26-15-20-9-4-5-12-21(20)24/h2-13H,14-15H2,1H3,(H,25,27)(H,26,28). The molecule has 2 N–H and O–H groups in total. The monoisotopic (exact) mass is 376 g/mol.